The summed E-state index contributed by atoms with van der Waals surface area (Å²) in [6.45, 7) is 2.44. The van der Waals surface area contributed by atoms with Crippen molar-refractivity contribution in [3.63, 3.8) is 0 Å². The number of rotatable bonds is 7. The highest BCUT2D eigenvalue weighted by Gasteiger charge is 2.08. The van der Waals surface area contributed by atoms with Crippen molar-refractivity contribution < 1.29 is 14.3 Å². The lowest BCUT2D eigenvalue weighted by Gasteiger charge is -2.10. The zero-order valence-electron chi connectivity index (χ0n) is 15.7. The SMILES string of the molecule is COc1ccc(CC(=O)NCc2ccc(-n3ccnc3C)cc2)cc1OC. The molecule has 0 fully saturated rings. The predicted molar refractivity (Wildman–Crippen MR) is 103 cm³/mol. The summed E-state index contributed by atoms with van der Waals surface area (Å²) >= 11 is 0. The summed E-state index contributed by atoms with van der Waals surface area (Å²) in [5.74, 6) is 2.16. The van der Waals surface area contributed by atoms with E-state index in [0.29, 0.717) is 18.0 Å². The van der Waals surface area contributed by atoms with E-state index in [9.17, 15) is 4.79 Å². The normalized spacial score (nSPS) is 10.5. The Labute approximate surface area is 158 Å². The number of aromatic nitrogens is 2. The van der Waals surface area contributed by atoms with Crippen molar-refractivity contribution in [1.29, 1.82) is 0 Å². The van der Waals surface area contributed by atoms with Gasteiger partial charge in [0.2, 0.25) is 5.91 Å². The summed E-state index contributed by atoms with van der Waals surface area (Å²) in [7, 11) is 3.17. The van der Waals surface area contributed by atoms with Crippen molar-refractivity contribution in [1.82, 2.24) is 14.9 Å². The van der Waals surface area contributed by atoms with Gasteiger partial charge in [0.05, 0.1) is 20.6 Å². The molecule has 2 aromatic carbocycles. The first-order valence-electron chi connectivity index (χ1n) is 8.67. The molecule has 3 rings (SSSR count). The van der Waals surface area contributed by atoms with Gasteiger partial charge in [0.25, 0.3) is 0 Å². The highest BCUT2D eigenvalue weighted by atomic mass is 16.5. The van der Waals surface area contributed by atoms with E-state index in [0.717, 1.165) is 22.6 Å². The number of ether oxygens (including phenoxy) is 2. The molecule has 0 aliphatic carbocycles. The molecule has 0 saturated heterocycles. The molecular weight excluding hydrogens is 342 g/mol. The van der Waals surface area contributed by atoms with Crippen LogP contribution in [0.15, 0.2) is 54.9 Å². The lowest BCUT2D eigenvalue weighted by molar-refractivity contribution is -0.120. The molecule has 1 heterocycles. The van der Waals surface area contributed by atoms with Gasteiger partial charge in [-0.25, -0.2) is 4.98 Å². The summed E-state index contributed by atoms with van der Waals surface area (Å²) in [6, 6.07) is 13.5. The Kier molecular flexibility index (Phi) is 5.76. The number of hydrogen-bond acceptors (Lipinski definition) is 4. The summed E-state index contributed by atoms with van der Waals surface area (Å²) in [5.41, 5.74) is 2.96. The number of imidazole rings is 1. The molecule has 140 valence electrons. The molecule has 27 heavy (non-hydrogen) atoms. The van der Waals surface area contributed by atoms with E-state index >= 15 is 0 Å². The second-order valence-corrected chi connectivity index (χ2v) is 6.15. The largest absolute Gasteiger partial charge is 0.493 e. The third-order valence-corrected chi connectivity index (χ3v) is 4.34. The minimum absolute atomic E-state index is 0.0447. The van der Waals surface area contributed by atoms with Crippen LogP contribution in [0.1, 0.15) is 17.0 Å². The van der Waals surface area contributed by atoms with E-state index in [1.807, 2.05) is 54.1 Å². The zero-order valence-corrected chi connectivity index (χ0v) is 15.7. The van der Waals surface area contributed by atoms with E-state index < -0.39 is 0 Å². The van der Waals surface area contributed by atoms with Crippen molar-refractivity contribution in [2.75, 3.05) is 14.2 Å². The van der Waals surface area contributed by atoms with E-state index in [-0.39, 0.29) is 12.3 Å². The van der Waals surface area contributed by atoms with Gasteiger partial charge in [-0.05, 0) is 42.3 Å². The molecule has 0 bridgehead atoms. The Morgan fingerprint density at radius 3 is 2.37 bits per heavy atom. The standard InChI is InChI=1S/C21H23N3O3/c1-15-22-10-11-24(15)18-7-4-16(5-8-18)14-23-21(25)13-17-6-9-19(26-2)20(12-17)27-3/h4-12H,13-14H2,1-3H3,(H,23,25). The van der Waals surface area contributed by atoms with Crippen LogP contribution in [0.4, 0.5) is 0 Å². The van der Waals surface area contributed by atoms with E-state index in [1.165, 1.54) is 0 Å². The minimum Gasteiger partial charge on any atom is -0.493 e. The fourth-order valence-corrected chi connectivity index (χ4v) is 2.86. The lowest BCUT2D eigenvalue weighted by atomic mass is 10.1. The van der Waals surface area contributed by atoms with Gasteiger partial charge in [-0.2, -0.15) is 0 Å². The van der Waals surface area contributed by atoms with Crippen LogP contribution in [-0.2, 0) is 17.8 Å². The van der Waals surface area contributed by atoms with Crippen molar-refractivity contribution in [2.45, 2.75) is 19.9 Å². The van der Waals surface area contributed by atoms with Gasteiger partial charge < -0.3 is 19.4 Å². The van der Waals surface area contributed by atoms with Crippen LogP contribution in [0.25, 0.3) is 5.69 Å². The molecule has 6 nitrogen and oxygen atoms in total. The van der Waals surface area contributed by atoms with Crippen LogP contribution in [0, 0.1) is 6.92 Å². The highest BCUT2D eigenvalue weighted by Crippen LogP contribution is 2.27. The maximum atomic E-state index is 12.2. The molecule has 3 aromatic rings. The molecule has 0 atom stereocenters. The average molecular weight is 365 g/mol. The van der Waals surface area contributed by atoms with Gasteiger partial charge in [-0.15, -0.1) is 0 Å². The van der Waals surface area contributed by atoms with Gasteiger partial charge in [-0.3, -0.25) is 4.79 Å². The van der Waals surface area contributed by atoms with Crippen LogP contribution in [0.2, 0.25) is 0 Å². The minimum atomic E-state index is -0.0447. The molecule has 0 aliphatic heterocycles. The Morgan fingerprint density at radius 1 is 1.04 bits per heavy atom. The van der Waals surface area contributed by atoms with Gasteiger partial charge >= 0.3 is 0 Å². The zero-order chi connectivity index (χ0) is 19.2. The highest BCUT2D eigenvalue weighted by molar-refractivity contribution is 5.78. The number of carbonyl (C=O) groups excluding carboxylic acids is 1. The molecule has 0 radical (unpaired) electrons. The molecule has 6 heteroatoms. The van der Waals surface area contributed by atoms with Crippen molar-refractivity contribution in [3.05, 3.63) is 71.8 Å². The van der Waals surface area contributed by atoms with E-state index in [1.54, 1.807) is 26.5 Å². The third kappa shape index (κ3) is 4.47. The number of aryl methyl sites for hydroxylation is 1. The smallest absolute Gasteiger partial charge is 0.224 e. The number of nitrogens with one attached hydrogen (secondary N) is 1. The topological polar surface area (TPSA) is 65.4 Å². The van der Waals surface area contributed by atoms with Crippen LogP contribution < -0.4 is 14.8 Å². The van der Waals surface area contributed by atoms with Crippen LogP contribution in [0.3, 0.4) is 0 Å². The lowest BCUT2D eigenvalue weighted by Crippen LogP contribution is -2.24. The maximum absolute atomic E-state index is 12.2. The number of hydrogen-bond donors (Lipinski definition) is 1. The molecule has 0 aliphatic rings. The van der Waals surface area contributed by atoms with Gasteiger partial charge in [0.1, 0.15) is 5.82 Å². The summed E-state index contributed by atoms with van der Waals surface area (Å²) in [5, 5.41) is 2.95. The molecular formula is C21H23N3O3. The number of methoxy groups -OCH3 is 2. The van der Waals surface area contributed by atoms with Crippen molar-refractivity contribution in [3.8, 4) is 17.2 Å². The maximum Gasteiger partial charge on any atom is 0.224 e. The fraction of sp³-hybridized carbons (Fsp3) is 0.238. The Balaban J connectivity index is 1.57. The summed E-state index contributed by atoms with van der Waals surface area (Å²) in [4.78, 5) is 16.5. The van der Waals surface area contributed by atoms with Gasteiger partial charge in [0, 0.05) is 24.6 Å². The van der Waals surface area contributed by atoms with Crippen molar-refractivity contribution >= 4 is 5.91 Å². The first-order chi connectivity index (χ1) is 13.1. The second kappa shape index (κ2) is 8.40. The van der Waals surface area contributed by atoms with E-state index in [4.69, 9.17) is 9.47 Å². The summed E-state index contributed by atoms with van der Waals surface area (Å²) in [6.07, 6.45) is 3.99. The molecule has 1 N–H and O–H groups in total. The molecule has 1 amide bonds. The Hall–Kier alpha value is -3.28. The number of carbonyl (C=O) groups is 1. The molecule has 0 spiro atoms. The van der Waals surface area contributed by atoms with Crippen LogP contribution >= 0.6 is 0 Å². The third-order valence-electron chi connectivity index (χ3n) is 4.34. The summed E-state index contributed by atoms with van der Waals surface area (Å²) < 4.78 is 12.5. The fourth-order valence-electron chi connectivity index (χ4n) is 2.86. The Morgan fingerprint density at radius 2 is 1.74 bits per heavy atom. The second-order valence-electron chi connectivity index (χ2n) is 6.15. The molecule has 0 saturated carbocycles. The predicted octanol–water partition coefficient (Wildman–Crippen LogP) is 3.06. The van der Waals surface area contributed by atoms with Gasteiger partial charge in [-0.1, -0.05) is 18.2 Å². The number of nitrogens with zero attached hydrogens (tertiary/aromatic N) is 2. The van der Waals surface area contributed by atoms with Gasteiger partial charge in [0.15, 0.2) is 11.5 Å². The first kappa shape index (κ1) is 18.5. The van der Waals surface area contributed by atoms with Crippen LogP contribution in [-0.4, -0.2) is 29.7 Å². The molecule has 0 unspecified atom stereocenters. The Bertz CT molecular complexity index is 917. The molecule has 1 aromatic heterocycles. The van der Waals surface area contributed by atoms with Crippen molar-refractivity contribution in [2.24, 2.45) is 0 Å². The number of benzene rings is 2. The average Bonchev–Trinajstić information content (AvgIpc) is 3.12. The monoisotopic (exact) mass is 365 g/mol. The van der Waals surface area contributed by atoms with E-state index in [2.05, 4.69) is 10.3 Å². The first-order valence-corrected chi connectivity index (χ1v) is 8.67. The van der Waals surface area contributed by atoms with Crippen LogP contribution in [0.5, 0.6) is 11.5 Å². The quantitative estimate of drug-likeness (QED) is 0.699. The number of amides is 1.